The first-order valence-electron chi connectivity index (χ1n) is 9.73. The van der Waals surface area contributed by atoms with Crippen molar-refractivity contribution < 1.29 is 22.7 Å². The molecular weight excluding hydrogens is 419 g/mol. The minimum absolute atomic E-state index is 0.00221. The van der Waals surface area contributed by atoms with Gasteiger partial charge >= 0.3 is 6.18 Å². The number of carbonyl (C=O) groups excluding carboxylic acids is 1. The first kappa shape index (κ1) is 22.6. The highest BCUT2D eigenvalue weighted by Gasteiger charge is 2.34. The molecule has 0 unspecified atom stereocenters. The van der Waals surface area contributed by atoms with Gasteiger partial charge in [0.15, 0.2) is 5.49 Å². The molecule has 1 amide bonds. The Morgan fingerprint density at radius 2 is 2.00 bits per heavy atom. The van der Waals surface area contributed by atoms with Crippen molar-refractivity contribution in [2.24, 2.45) is 12.0 Å². The van der Waals surface area contributed by atoms with Crippen LogP contribution in [0.4, 0.5) is 13.2 Å². The lowest BCUT2D eigenvalue weighted by Crippen LogP contribution is -2.30. The Morgan fingerprint density at radius 3 is 2.57 bits per heavy atom. The van der Waals surface area contributed by atoms with Crippen molar-refractivity contribution in [2.75, 3.05) is 6.61 Å². The molecule has 2 aromatic rings. The van der Waals surface area contributed by atoms with Crippen molar-refractivity contribution in [1.82, 2.24) is 9.36 Å². The molecule has 164 valence electrons. The molecule has 30 heavy (non-hydrogen) atoms. The Morgan fingerprint density at radius 1 is 1.30 bits per heavy atom. The van der Waals surface area contributed by atoms with Crippen molar-refractivity contribution in [3.63, 3.8) is 0 Å². The minimum atomic E-state index is -4.65. The smallest absolute Gasteiger partial charge is 0.376 e. The third-order valence-corrected chi connectivity index (χ3v) is 5.57. The average molecular weight is 444 g/mol. The molecule has 9 heteroatoms. The van der Waals surface area contributed by atoms with Crippen LogP contribution in [-0.2, 0) is 29.9 Å². The zero-order valence-corrected chi connectivity index (χ0v) is 18.1. The van der Waals surface area contributed by atoms with Gasteiger partial charge in [0.25, 0.3) is 5.91 Å². The van der Waals surface area contributed by atoms with E-state index in [1.54, 1.807) is 6.07 Å². The maximum absolute atomic E-state index is 13.2. The van der Waals surface area contributed by atoms with Gasteiger partial charge in [0.2, 0.25) is 0 Å². The molecule has 1 aromatic carbocycles. The van der Waals surface area contributed by atoms with Gasteiger partial charge in [-0.25, -0.2) is 0 Å². The Hall–Kier alpha value is -2.06. The SMILES string of the molecule is Cn1c(C(C)(C)C)c/c(=N/C(=O)c2cccc(C(F)(F)F)c2Cl)n1C[C@H]1CCCO1. The van der Waals surface area contributed by atoms with E-state index in [1.807, 2.05) is 37.2 Å². The predicted molar refractivity (Wildman–Crippen MR) is 107 cm³/mol. The van der Waals surface area contributed by atoms with Crippen molar-refractivity contribution in [1.29, 1.82) is 0 Å². The number of aromatic nitrogens is 2. The summed E-state index contributed by atoms with van der Waals surface area (Å²) in [4.78, 5) is 16.9. The topological polar surface area (TPSA) is 48.5 Å². The number of amides is 1. The molecule has 0 spiro atoms. The summed E-state index contributed by atoms with van der Waals surface area (Å²) in [6.45, 7) is 7.29. The van der Waals surface area contributed by atoms with Crippen LogP contribution in [-0.4, -0.2) is 28.0 Å². The van der Waals surface area contributed by atoms with Gasteiger partial charge in [-0.3, -0.25) is 14.2 Å². The second kappa shape index (κ2) is 8.23. The van der Waals surface area contributed by atoms with Crippen LogP contribution in [0.2, 0.25) is 5.02 Å². The summed E-state index contributed by atoms with van der Waals surface area (Å²) in [6, 6.07) is 5.04. The van der Waals surface area contributed by atoms with Crippen LogP contribution in [0.25, 0.3) is 0 Å². The first-order chi connectivity index (χ1) is 13.9. The summed E-state index contributed by atoms with van der Waals surface area (Å²) in [5.41, 5.74) is -0.270. The maximum Gasteiger partial charge on any atom is 0.417 e. The van der Waals surface area contributed by atoms with E-state index in [9.17, 15) is 18.0 Å². The Labute approximate surface area is 178 Å². The van der Waals surface area contributed by atoms with Crippen LogP contribution >= 0.6 is 11.6 Å². The zero-order valence-electron chi connectivity index (χ0n) is 17.4. The number of ether oxygens (including phenoxy) is 1. The molecule has 0 bridgehead atoms. The third kappa shape index (κ3) is 4.64. The summed E-state index contributed by atoms with van der Waals surface area (Å²) < 4.78 is 48.9. The average Bonchev–Trinajstić information content (AvgIpc) is 3.24. The van der Waals surface area contributed by atoms with Gasteiger partial charge in [-0.1, -0.05) is 38.4 Å². The first-order valence-corrected chi connectivity index (χ1v) is 10.1. The van der Waals surface area contributed by atoms with Gasteiger partial charge in [-0.2, -0.15) is 18.2 Å². The zero-order chi connectivity index (χ0) is 22.3. The Balaban J connectivity index is 2.09. The fraction of sp³-hybridized carbons (Fsp3) is 0.524. The van der Waals surface area contributed by atoms with Gasteiger partial charge in [-0.15, -0.1) is 0 Å². The lowest BCUT2D eigenvalue weighted by molar-refractivity contribution is -0.137. The number of hydrogen-bond donors (Lipinski definition) is 0. The van der Waals surface area contributed by atoms with E-state index >= 15 is 0 Å². The molecule has 0 radical (unpaired) electrons. The largest absolute Gasteiger partial charge is 0.417 e. The van der Waals surface area contributed by atoms with E-state index in [1.165, 1.54) is 6.07 Å². The van der Waals surface area contributed by atoms with Crippen molar-refractivity contribution >= 4 is 17.5 Å². The molecular formula is C21H25ClF3N3O2. The summed E-state index contributed by atoms with van der Waals surface area (Å²) in [7, 11) is 1.87. The highest BCUT2D eigenvalue weighted by molar-refractivity contribution is 6.34. The molecule has 1 aliphatic rings. The quantitative estimate of drug-likeness (QED) is 0.689. The van der Waals surface area contributed by atoms with Crippen LogP contribution in [0.15, 0.2) is 29.3 Å². The number of benzene rings is 1. The molecule has 3 rings (SSSR count). The van der Waals surface area contributed by atoms with E-state index in [-0.39, 0.29) is 17.1 Å². The predicted octanol–water partition coefficient (Wildman–Crippen LogP) is 4.72. The standard InChI is InChI=1S/C21H25ClF3N3O2/c1-20(2,3)16-11-17(28(27(16)4)12-13-7-6-10-30-13)26-19(29)14-8-5-9-15(18(14)22)21(23,24)25/h5,8-9,11,13H,6-7,10,12H2,1-4H3/b26-17-/t13-/m1/s1. The third-order valence-electron chi connectivity index (χ3n) is 5.16. The van der Waals surface area contributed by atoms with Gasteiger partial charge < -0.3 is 4.74 Å². The van der Waals surface area contributed by atoms with Gasteiger partial charge in [-0.05, 0) is 25.0 Å². The number of halogens is 4. The fourth-order valence-electron chi connectivity index (χ4n) is 3.64. The van der Waals surface area contributed by atoms with Crippen molar-refractivity contribution in [2.45, 2.75) is 57.9 Å². The molecule has 1 atom stereocenters. The Bertz CT molecular complexity index is 1010. The molecule has 1 aromatic heterocycles. The monoisotopic (exact) mass is 443 g/mol. The van der Waals surface area contributed by atoms with Crippen LogP contribution in [0, 0.1) is 0 Å². The summed E-state index contributed by atoms with van der Waals surface area (Å²) in [5.74, 6) is -0.821. The second-order valence-corrected chi connectivity index (χ2v) is 8.84. The van der Waals surface area contributed by atoms with Crippen molar-refractivity contribution in [3.05, 3.63) is 51.6 Å². The van der Waals surface area contributed by atoms with Crippen LogP contribution < -0.4 is 5.49 Å². The second-order valence-electron chi connectivity index (χ2n) is 8.46. The maximum atomic E-state index is 13.2. The summed E-state index contributed by atoms with van der Waals surface area (Å²) in [6.07, 6.45) is -2.79. The molecule has 2 heterocycles. The number of nitrogens with zero attached hydrogens (tertiary/aromatic N) is 3. The highest BCUT2D eigenvalue weighted by atomic mass is 35.5. The molecule has 5 nitrogen and oxygen atoms in total. The lowest BCUT2D eigenvalue weighted by atomic mass is 9.92. The number of carbonyl (C=O) groups is 1. The summed E-state index contributed by atoms with van der Waals surface area (Å²) >= 11 is 5.91. The lowest BCUT2D eigenvalue weighted by Gasteiger charge is -2.21. The van der Waals surface area contributed by atoms with Gasteiger partial charge in [0.1, 0.15) is 0 Å². The number of rotatable bonds is 3. The van der Waals surface area contributed by atoms with E-state index in [2.05, 4.69) is 4.99 Å². The van der Waals surface area contributed by atoms with E-state index in [0.29, 0.717) is 18.6 Å². The normalized spacial score (nSPS) is 18.3. The molecule has 0 aliphatic carbocycles. The molecule has 1 saturated heterocycles. The Kier molecular flexibility index (Phi) is 6.20. The van der Waals surface area contributed by atoms with E-state index < -0.39 is 22.7 Å². The minimum Gasteiger partial charge on any atom is -0.376 e. The van der Waals surface area contributed by atoms with E-state index in [4.69, 9.17) is 16.3 Å². The number of alkyl halides is 3. The van der Waals surface area contributed by atoms with Crippen LogP contribution in [0.5, 0.6) is 0 Å². The number of hydrogen-bond acceptors (Lipinski definition) is 2. The summed E-state index contributed by atoms with van der Waals surface area (Å²) in [5, 5.41) is -0.642. The van der Waals surface area contributed by atoms with Crippen molar-refractivity contribution in [3.8, 4) is 0 Å². The van der Waals surface area contributed by atoms with E-state index in [0.717, 1.165) is 30.7 Å². The molecule has 0 N–H and O–H groups in total. The molecule has 0 saturated carbocycles. The molecule has 1 aliphatic heterocycles. The van der Waals surface area contributed by atoms with Crippen LogP contribution in [0.3, 0.4) is 0 Å². The fourth-order valence-corrected chi connectivity index (χ4v) is 3.96. The van der Waals surface area contributed by atoms with Crippen LogP contribution in [0.1, 0.15) is 55.2 Å². The molecule has 1 fully saturated rings. The van der Waals surface area contributed by atoms with Gasteiger partial charge in [0, 0.05) is 30.8 Å². The van der Waals surface area contributed by atoms with Gasteiger partial charge in [0.05, 0.1) is 28.8 Å². The highest BCUT2D eigenvalue weighted by Crippen LogP contribution is 2.36.